The number of nitrogens with two attached hydrogens (primary N) is 1. The van der Waals surface area contributed by atoms with E-state index in [4.69, 9.17) is 5.73 Å². The number of amides is 1. The third-order valence-electron chi connectivity index (χ3n) is 3.33. The Morgan fingerprint density at radius 1 is 1.12 bits per heavy atom. The Morgan fingerprint density at radius 3 is 2.41 bits per heavy atom. The minimum absolute atomic E-state index is 0.254. The van der Waals surface area contributed by atoms with Gasteiger partial charge < -0.3 is 5.73 Å². The van der Waals surface area contributed by atoms with Gasteiger partial charge >= 0.3 is 0 Å². The summed E-state index contributed by atoms with van der Waals surface area (Å²) in [6.45, 7) is 3.29. The van der Waals surface area contributed by atoms with Gasteiger partial charge in [-0.25, -0.2) is 0 Å². The monoisotopic (exact) mass is 232 g/mol. The maximum absolute atomic E-state index is 11.0. The molecule has 0 unspecified atom stereocenters. The number of benzene rings is 1. The quantitative estimate of drug-likeness (QED) is 0.859. The highest BCUT2D eigenvalue weighted by atomic mass is 16.1. The van der Waals surface area contributed by atoms with E-state index in [0.29, 0.717) is 6.42 Å². The van der Waals surface area contributed by atoms with Crippen molar-refractivity contribution in [1.29, 1.82) is 0 Å². The lowest BCUT2D eigenvalue weighted by Gasteiger charge is -2.27. The second-order valence-corrected chi connectivity index (χ2v) is 4.75. The van der Waals surface area contributed by atoms with Gasteiger partial charge in [0.05, 0.1) is 6.42 Å². The molecule has 0 spiro atoms. The molecule has 1 saturated heterocycles. The minimum atomic E-state index is -0.254. The highest BCUT2D eigenvalue weighted by Crippen LogP contribution is 2.16. The highest BCUT2D eigenvalue weighted by Gasteiger charge is 2.12. The van der Waals surface area contributed by atoms with E-state index in [2.05, 4.69) is 11.0 Å². The third kappa shape index (κ3) is 3.56. The van der Waals surface area contributed by atoms with E-state index >= 15 is 0 Å². The van der Waals surface area contributed by atoms with Gasteiger partial charge in [-0.1, -0.05) is 30.7 Å². The van der Waals surface area contributed by atoms with Crippen LogP contribution in [0.5, 0.6) is 0 Å². The van der Waals surface area contributed by atoms with Crippen LogP contribution in [0.4, 0.5) is 0 Å². The fourth-order valence-corrected chi connectivity index (χ4v) is 2.43. The van der Waals surface area contributed by atoms with Crippen molar-refractivity contribution in [2.75, 3.05) is 13.1 Å². The zero-order chi connectivity index (χ0) is 12.1. The van der Waals surface area contributed by atoms with E-state index in [1.54, 1.807) is 0 Å². The lowest BCUT2D eigenvalue weighted by atomic mass is 10.0. The second-order valence-electron chi connectivity index (χ2n) is 4.75. The predicted octanol–water partition coefficient (Wildman–Crippen LogP) is 1.70. The first kappa shape index (κ1) is 12.1. The standard InChI is InChI=1S/C14H20N2O/c15-14(17)10-12-6-2-3-7-13(12)11-16-8-4-1-5-9-16/h2-3,6-7H,1,4-5,8-11H2,(H2,15,17). The second kappa shape index (κ2) is 5.82. The molecule has 2 rings (SSSR count). The number of likely N-dealkylation sites (tertiary alicyclic amines) is 1. The molecule has 1 amide bonds. The molecular weight excluding hydrogens is 212 g/mol. The van der Waals surface area contributed by atoms with Crippen LogP contribution >= 0.6 is 0 Å². The lowest BCUT2D eigenvalue weighted by molar-refractivity contribution is -0.117. The van der Waals surface area contributed by atoms with Crippen LogP contribution in [-0.4, -0.2) is 23.9 Å². The number of carbonyl (C=O) groups excluding carboxylic acids is 1. The van der Waals surface area contributed by atoms with Crippen LogP contribution in [0.2, 0.25) is 0 Å². The van der Waals surface area contributed by atoms with E-state index in [0.717, 1.165) is 12.1 Å². The number of rotatable bonds is 4. The van der Waals surface area contributed by atoms with Crippen molar-refractivity contribution in [2.24, 2.45) is 5.73 Å². The Bertz CT molecular complexity index is 384. The van der Waals surface area contributed by atoms with E-state index in [1.165, 1.54) is 37.9 Å². The normalized spacial score (nSPS) is 16.9. The molecule has 1 aromatic carbocycles. The molecule has 17 heavy (non-hydrogen) atoms. The number of piperidine rings is 1. The Kier molecular flexibility index (Phi) is 4.15. The summed E-state index contributed by atoms with van der Waals surface area (Å²) in [7, 11) is 0. The average Bonchev–Trinajstić information content (AvgIpc) is 2.32. The summed E-state index contributed by atoms with van der Waals surface area (Å²) in [6, 6.07) is 8.11. The topological polar surface area (TPSA) is 46.3 Å². The Balaban J connectivity index is 2.05. The summed E-state index contributed by atoms with van der Waals surface area (Å²) in [5.74, 6) is -0.254. The largest absolute Gasteiger partial charge is 0.369 e. The van der Waals surface area contributed by atoms with Crippen molar-refractivity contribution in [3.05, 3.63) is 35.4 Å². The molecule has 0 aliphatic carbocycles. The molecule has 0 saturated carbocycles. The SMILES string of the molecule is NC(=O)Cc1ccccc1CN1CCCCC1. The Morgan fingerprint density at radius 2 is 1.76 bits per heavy atom. The van der Waals surface area contributed by atoms with Crippen LogP contribution in [0.25, 0.3) is 0 Å². The lowest BCUT2D eigenvalue weighted by Crippen LogP contribution is -2.29. The molecule has 1 aliphatic rings. The number of primary amides is 1. The van der Waals surface area contributed by atoms with Crippen molar-refractivity contribution in [3.63, 3.8) is 0 Å². The van der Waals surface area contributed by atoms with Crippen molar-refractivity contribution < 1.29 is 4.79 Å². The molecule has 0 bridgehead atoms. The molecule has 0 atom stereocenters. The summed E-state index contributed by atoms with van der Waals surface area (Å²) in [4.78, 5) is 13.5. The van der Waals surface area contributed by atoms with Gasteiger partial charge in [0.15, 0.2) is 0 Å². The molecule has 1 aromatic rings. The summed E-state index contributed by atoms with van der Waals surface area (Å²) >= 11 is 0. The number of hydrogen-bond acceptors (Lipinski definition) is 2. The van der Waals surface area contributed by atoms with Crippen LogP contribution in [0, 0.1) is 0 Å². The maximum atomic E-state index is 11.0. The first-order valence-electron chi connectivity index (χ1n) is 6.33. The van der Waals surface area contributed by atoms with Crippen LogP contribution < -0.4 is 5.73 Å². The van der Waals surface area contributed by atoms with Crippen molar-refractivity contribution in [3.8, 4) is 0 Å². The fraction of sp³-hybridized carbons (Fsp3) is 0.500. The smallest absolute Gasteiger partial charge is 0.221 e. The molecule has 3 nitrogen and oxygen atoms in total. The van der Waals surface area contributed by atoms with Crippen LogP contribution in [-0.2, 0) is 17.8 Å². The average molecular weight is 232 g/mol. The van der Waals surface area contributed by atoms with Gasteiger partial charge in [-0.05, 0) is 37.1 Å². The van der Waals surface area contributed by atoms with Crippen LogP contribution in [0.15, 0.2) is 24.3 Å². The van der Waals surface area contributed by atoms with Gasteiger partial charge in [-0.3, -0.25) is 9.69 Å². The van der Waals surface area contributed by atoms with Gasteiger partial charge in [0.25, 0.3) is 0 Å². The number of hydrogen-bond donors (Lipinski definition) is 1. The maximum Gasteiger partial charge on any atom is 0.221 e. The van der Waals surface area contributed by atoms with Gasteiger partial charge in [0.2, 0.25) is 5.91 Å². The summed E-state index contributed by atoms with van der Waals surface area (Å²) in [5.41, 5.74) is 7.59. The zero-order valence-corrected chi connectivity index (χ0v) is 10.2. The fourth-order valence-electron chi connectivity index (χ4n) is 2.43. The summed E-state index contributed by atoms with van der Waals surface area (Å²) in [5, 5.41) is 0. The van der Waals surface area contributed by atoms with Crippen molar-refractivity contribution >= 4 is 5.91 Å². The zero-order valence-electron chi connectivity index (χ0n) is 10.2. The van der Waals surface area contributed by atoms with E-state index in [1.807, 2.05) is 18.2 Å². The molecule has 92 valence electrons. The molecule has 1 heterocycles. The highest BCUT2D eigenvalue weighted by molar-refractivity contribution is 5.76. The summed E-state index contributed by atoms with van der Waals surface area (Å²) < 4.78 is 0. The van der Waals surface area contributed by atoms with Crippen LogP contribution in [0.1, 0.15) is 30.4 Å². The van der Waals surface area contributed by atoms with Gasteiger partial charge in [-0.2, -0.15) is 0 Å². The van der Waals surface area contributed by atoms with Gasteiger partial charge in [-0.15, -0.1) is 0 Å². The minimum Gasteiger partial charge on any atom is -0.369 e. The first-order valence-corrected chi connectivity index (χ1v) is 6.33. The first-order chi connectivity index (χ1) is 8.25. The van der Waals surface area contributed by atoms with E-state index in [9.17, 15) is 4.79 Å². The molecule has 0 aromatic heterocycles. The van der Waals surface area contributed by atoms with Crippen molar-refractivity contribution in [2.45, 2.75) is 32.2 Å². The van der Waals surface area contributed by atoms with Gasteiger partial charge in [0, 0.05) is 6.54 Å². The van der Waals surface area contributed by atoms with Gasteiger partial charge in [0.1, 0.15) is 0 Å². The Labute approximate surface area is 103 Å². The summed E-state index contributed by atoms with van der Waals surface area (Å²) in [6.07, 6.45) is 4.28. The number of carbonyl (C=O) groups is 1. The molecule has 2 N–H and O–H groups in total. The third-order valence-corrected chi connectivity index (χ3v) is 3.33. The Hall–Kier alpha value is -1.35. The van der Waals surface area contributed by atoms with E-state index < -0.39 is 0 Å². The van der Waals surface area contributed by atoms with Crippen LogP contribution in [0.3, 0.4) is 0 Å². The molecule has 1 fully saturated rings. The molecule has 3 heteroatoms. The van der Waals surface area contributed by atoms with E-state index in [-0.39, 0.29) is 5.91 Å². The predicted molar refractivity (Wildman–Crippen MR) is 68.5 cm³/mol. The molecular formula is C14H20N2O. The molecule has 0 radical (unpaired) electrons. The van der Waals surface area contributed by atoms with Crippen molar-refractivity contribution in [1.82, 2.24) is 4.90 Å². The number of nitrogens with zero attached hydrogens (tertiary/aromatic N) is 1. The molecule has 1 aliphatic heterocycles.